The molecule has 0 aromatic heterocycles. The Labute approximate surface area is 249 Å². The maximum absolute atomic E-state index is 10.5. The molecule has 0 radical (unpaired) electrons. The molecule has 5 heteroatoms. The third-order valence-electron chi connectivity index (χ3n) is 7.19. The molecule has 0 bridgehead atoms. The summed E-state index contributed by atoms with van der Waals surface area (Å²) in [5.74, 6) is -0.369. The number of hydrogen-bond acceptors (Lipinski definition) is 3. The van der Waals surface area contributed by atoms with Crippen LogP contribution in [0, 0.1) is 0 Å². The van der Waals surface area contributed by atoms with Crippen LogP contribution in [0.15, 0.2) is 12.2 Å². The molecule has 0 rings (SSSR count). The normalized spacial score (nSPS) is 11.8. The second-order valence-corrected chi connectivity index (χ2v) is 12.3. The van der Waals surface area contributed by atoms with E-state index in [-0.39, 0.29) is 35.3 Å². The first-order valence-corrected chi connectivity index (χ1v) is 17.2. The van der Waals surface area contributed by atoms with Crippen molar-refractivity contribution in [2.75, 3.05) is 5.75 Å². The third-order valence-corrected chi connectivity index (χ3v) is 7.79. The van der Waals surface area contributed by atoms with Crippen molar-refractivity contribution in [3.05, 3.63) is 12.2 Å². The van der Waals surface area contributed by atoms with Crippen LogP contribution in [-0.2, 0) is 10.1 Å². The Kier molecular flexibility index (Phi) is 34.3. The van der Waals surface area contributed by atoms with Gasteiger partial charge in [0.05, 0.1) is 15.9 Å². The summed E-state index contributed by atoms with van der Waals surface area (Å²) in [6, 6.07) is 0. The average Bonchev–Trinajstić information content (AvgIpc) is 2.82. The summed E-state index contributed by atoms with van der Waals surface area (Å²) in [5.41, 5.74) is 0. The van der Waals surface area contributed by atoms with Crippen LogP contribution in [0.2, 0.25) is 0 Å². The Morgan fingerprint density at radius 1 is 0.444 bits per heavy atom. The molecule has 0 aliphatic carbocycles. The molecule has 210 valence electrons. The number of unbranched alkanes of at least 4 members (excludes halogenated alkanes) is 26. The molecule has 0 fully saturated rings. The van der Waals surface area contributed by atoms with E-state index in [1.165, 1.54) is 167 Å². The standard InChI is InChI=1S/C31H62O3S.Na/c1-2-3-4-5-6-7-8-9-10-11-12-13-14-15-16-17-18-19-20-21-22-23-24-25-26-27-28-29-30-31-35(32,33)34;/h29-30H,2-28,31H2,1H3,(H,32,33,34);/q;+1/p-1/b30-29+;. The Morgan fingerprint density at radius 2 is 0.694 bits per heavy atom. The van der Waals surface area contributed by atoms with Gasteiger partial charge in [-0.15, -0.1) is 0 Å². The zero-order valence-electron chi connectivity index (χ0n) is 24.6. The molecule has 36 heavy (non-hydrogen) atoms. The first kappa shape index (κ1) is 38.8. The summed E-state index contributed by atoms with van der Waals surface area (Å²) in [6.07, 6.45) is 40.7. The Morgan fingerprint density at radius 3 is 0.944 bits per heavy atom. The number of hydrogen-bond donors (Lipinski definition) is 0. The molecule has 0 saturated carbocycles. The molecule has 0 aliphatic heterocycles. The predicted molar refractivity (Wildman–Crippen MR) is 154 cm³/mol. The summed E-state index contributed by atoms with van der Waals surface area (Å²) in [6.45, 7) is 2.29. The van der Waals surface area contributed by atoms with E-state index in [9.17, 15) is 13.0 Å². The molecule has 0 aromatic carbocycles. The fourth-order valence-corrected chi connectivity index (χ4v) is 5.25. The molecule has 0 N–H and O–H groups in total. The van der Waals surface area contributed by atoms with Crippen LogP contribution < -0.4 is 29.6 Å². The van der Waals surface area contributed by atoms with Crippen molar-refractivity contribution >= 4 is 10.1 Å². The second-order valence-electron chi connectivity index (χ2n) is 10.8. The Hall–Kier alpha value is 0.650. The minimum absolute atomic E-state index is 0. The third kappa shape index (κ3) is 36.8. The van der Waals surface area contributed by atoms with Crippen LogP contribution in [0.4, 0.5) is 0 Å². The van der Waals surface area contributed by atoms with Crippen molar-refractivity contribution in [1.29, 1.82) is 0 Å². The molecule has 0 heterocycles. The predicted octanol–water partition coefficient (Wildman–Crippen LogP) is 7.64. The van der Waals surface area contributed by atoms with Gasteiger partial charge >= 0.3 is 29.6 Å². The van der Waals surface area contributed by atoms with Gasteiger partial charge < -0.3 is 4.55 Å². The van der Waals surface area contributed by atoms with Crippen molar-refractivity contribution in [2.45, 2.75) is 180 Å². The molecule has 0 aromatic rings. The quantitative estimate of drug-likeness (QED) is 0.0427. The fourth-order valence-electron chi connectivity index (χ4n) is 4.88. The number of rotatable bonds is 29. The van der Waals surface area contributed by atoms with E-state index in [2.05, 4.69) is 6.92 Å². The van der Waals surface area contributed by atoms with Gasteiger partial charge in [-0.1, -0.05) is 180 Å². The maximum Gasteiger partial charge on any atom is 1.00 e. The van der Waals surface area contributed by atoms with Gasteiger partial charge in [0.2, 0.25) is 0 Å². The molecular weight excluding hydrogens is 475 g/mol. The first-order chi connectivity index (χ1) is 17.1. The van der Waals surface area contributed by atoms with Crippen molar-refractivity contribution in [2.24, 2.45) is 0 Å². The molecule has 0 amide bonds. The Balaban J connectivity index is 0. The molecule has 0 atom stereocenters. The molecular formula is C31H61NaO3S. The average molecular weight is 537 g/mol. The maximum atomic E-state index is 10.5. The van der Waals surface area contributed by atoms with E-state index in [0.29, 0.717) is 0 Å². The zero-order chi connectivity index (χ0) is 25.7. The van der Waals surface area contributed by atoms with Crippen molar-refractivity contribution < 1.29 is 42.5 Å². The van der Waals surface area contributed by atoms with E-state index < -0.39 is 10.1 Å². The molecule has 3 nitrogen and oxygen atoms in total. The van der Waals surface area contributed by atoms with Gasteiger partial charge in [0, 0.05) is 0 Å². The van der Waals surface area contributed by atoms with E-state index in [0.717, 1.165) is 12.8 Å². The van der Waals surface area contributed by atoms with Crippen molar-refractivity contribution in [3.63, 3.8) is 0 Å². The Bertz CT molecular complexity index is 534. The van der Waals surface area contributed by atoms with Crippen LogP contribution in [0.1, 0.15) is 180 Å². The summed E-state index contributed by atoms with van der Waals surface area (Å²) in [5, 5.41) is 0. The molecule has 0 saturated heterocycles. The van der Waals surface area contributed by atoms with Gasteiger partial charge in [-0.25, -0.2) is 8.42 Å². The number of allylic oxidation sites excluding steroid dienone is 1. The van der Waals surface area contributed by atoms with Crippen molar-refractivity contribution in [3.8, 4) is 0 Å². The van der Waals surface area contributed by atoms with Gasteiger partial charge in [-0.2, -0.15) is 0 Å². The van der Waals surface area contributed by atoms with Gasteiger partial charge in [-0.3, -0.25) is 0 Å². The fraction of sp³-hybridized carbons (Fsp3) is 0.935. The summed E-state index contributed by atoms with van der Waals surface area (Å²) < 4.78 is 31.4. The SMILES string of the molecule is CCCCCCCCCCCCCCCCCCCCCCCCCCCC/C=C/CS(=O)(=O)[O-].[Na+]. The second kappa shape index (κ2) is 31.9. The minimum Gasteiger partial charge on any atom is -0.748 e. The topological polar surface area (TPSA) is 57.2 Å². The first-order valence-electron chi connectivity index (χ1n) is 15.6. The van der Waals surface area contributed by atoms with E-state index in [1.54, 1.807) is 0 Å². The van der Waals surface area contributed by atoms with Gasteiger partial charge in [0.15, 0.2) is 0 Å². The zero-order valence-corrected chi connectivity index (χ0v) is 27.4. The van der Waals surface area contributed by atoms with Crippen LogP contribution in [0.5, 0.6) is 0 Å². The summed E-state index contributed by atoms with van der Waals surface area (Å²) in [7, 11) is -4.09. The summed E-state index contributed by atoms with van der Waals surface area (Å²) in [4.78, 5) is 0. The monoisotopic (exact) mass is 536 g/mol. The largest absolute Gasteiger partial charge is 1.00 e. The van der Waals surface area contributed by atoms with Gasteiger partial charge in [0.25, 0.3) is 0 Å². The van der Waals surface area contributed by atoms with Crippen LogP contribution in [0.3, 0.4) is 0 Å². The van der Waals surface area contributed by atoms with Crippen LogP contribution in [0.25, 0.3) is 0 Å². The smallest absolute Gasteiger partial charge is 0.748 e. The van der Waals surface area contributed by atoms with Crippen LogP contribution >= 0.6 is 0 Å². The van der Waals surface area contributed by atoms with Gasteiger partial charge in [-0.05, 0) is 12.8 Å². The molecule has 0 unspecified atom stereocenters. The minimum atomic E-state index is -4.09. The van der Waals surface area contributed by atoms with E-state index >= 15 is 0 Å². The van der Waals surface area contributed by atoms with Gasteiger partial charge in [0.1, 0.15) is 0 Å². The summed E-state index contributed by atoms with van der Waals surface area (Å²) >= 11 is 0. The van der Waals surface area contributed by atoms with E-state index in [4.69, 9.17) is 0 Å². The van der Waals surface area contributed by atoms with Crippen LogP contribution in [-0.4, -0.2) is 18.7 Å². The van der Waals surface area contributed by atoms with E-state index in [1.807, 2.05) is 6.08 Å². The molecule has 0 spiro atoms. The molecule has 0 aliphatic rings. The van der Waals surface area contributed by atoms with Crippen molar-refractivity contribution in [1.82, 2.24) is 0 Å².